The minimum Gasteiger partial charge on any atom is -0.407 e. The summed E-state index contributed by atoms with van der Waals surface area (Å²) in [6, 6.07) is 1.13. The van der Waals surface area contributed by atoms with Crippen LogP contribution in [0, 0.1) is 11.8 Å². The lowest BCUT2D eigenvalue weighted by Crippen LogP contribution is -2.35. The Balaban J connectivity index is 1.53. The molecule has 2 bridgehead atoms. The molecule has 106 valence electrons. The Morgan fingerprint density at radius 1 is 1.21 bits per heavy atom. The molecule has 19 heavy (non-hydrogen) atoms. The van der Waals surface area contributed by atoms with Crippen molar-refractivity contribution in [1.29, 1.82) is 0 Å². The molecular formula is C14H24N4O. The summed E-state index contributed by atoms with van der Waals surface area (Å²) >= 11 is 0. The van der Waals surface area contributed by atoms with Crippen LogP contribution >= 0.6 is 0 Å². The molecule has 3 atom stereocenters. The van der Waals surface area contributed by atoms with Gasteiger partial charge in [0.05, 0.1) is 6.54 Å². The molecule has 0 spiro atoms. The molecule has 0 saturated heterocycles. The second-order valence-electron chi connectivity index (χ2n) is 7.03. The zero-order valence-electron chi connectivity index (χ0n) is 12.1. The Morgan fingerprint density at radius 2 is 2.05 bits per heavy atom. The normalized spacial score (nSPS) is 29.9. The number of rotatable bonds is 4. The Morgan fingerprint density at radius 3 is 2.68 bits per heavy atom. The first-order valence-corrected chi connectivity index (χ1v) is 7.33. The van der Waals surface area contributed by atoms with E-state index < -0.39 is 0 Å². The van der Waals surface area contributed by atoms with Gasteiger partial charge in [-0.05, 0) is 51.9 Å². The number of aromatic nitrogens is 2. The molecule has 2 fully saturated rings. The summed E-state index contributed by atoms with van der Waals surface area (Å²) in [5.41, 5.74) is 0.0622. The van der Waals surface area contributed by atoms with E-state index in [-0.39, 0.29) is 5.54 Å². The summed E-state index contributed by atoms with van der Waals surface area (Å²) in [7, 11) is 0. The van der Waals surface area contributed by atoms with Crippen LogP contribution in [0.4, 0.5) is 6.01 Å². The SMILES string of the molecule is CC(C)(C)NCc1nnc(NC2CC3CCC2C3)o1. The van der Waals surface area contributed by atoms with Crippen LogP contribution in [0.2, 0.25) is 0 Å². The van der Waals surface area contributed by atoms with Crippen LogP contribution in [-0.4, -0.2) is 21.8 Å². The fourth-order valence-corrected chi connectivity index (χ4v) is 3.30. The van der Waals surface area contributed by atoms with Gasteiger partial charge in [0.15, 0.2) is 0 Å². The van der Waals surface area contributed by atoms with Crippen molar-refractivity contribution in [3.05, 3.63) is 5.89 Å². The van der Waals surface area contributed by atoms with E-state index >= 15 is 0 Å². The molecule has 2 N–H and O–H groups in total. The van der Waals surface area contributed by atoms with Crippen molar-refractivity contribution >= 4 is 6.01 Å². The summed E-state index contributed by atoms with van der Waals surface area (Å²) in [6.07, 6.45) is 5.41. The largest absolute Gasteiger partial charge is 0.407 e. The first-order chi connectivity index (χ1) is 8.99. The minimum absolute atomic E-state index is 0.0622. The standard InChI is InChI=1S/C14H24N4O/c1-14(2,3)15-8-12-17-18-13(19-12)16-11-7-9-4-5-10(11)6-9/h9-11,15H,4-8H2,1-3H3,(H,16,18). The van der Waals surface area contributed by atoms with E-state index in [1.807, 2.05) is 0 Å². The fraction of sp³-hybridized carbons (Fsp3) is 0.857. The number of fused-ring (bicyclic) bond motifs is 2. The van der Waals surface area contributed by atoms with Crippen molar-refractivity contribution < 1.29 is 4.42 Å². The van der Waals surface area contributed by atoms with Gasteiger partial charge in [-0.1, -0.05) is 11.5 Å². The summed E-state index contributed by atoms with van der Waals surface area (Å²) in [5, 5.41) is 14.9. The Labute approximate surface area is 114 Å². The predicted molar refractivity (Wildman–Crippen MR) is 73.7 cm³/mol. The van der Waals surface area contributed by atoms with Gasteiger partial charge in [0.1, 0.15) is 0 Å². The lowest BCUT2D eigenvalue weighted by atomic mass is 9.96. The van der Waals surface area contributed by atoms with Gasteiger partial charge in [0.2, 0.25) is 5.89 Å². The summed E-state index contributed by atoms with van der Waals surface area (Å²) < 4.78 is 5.65. The van der Waals surface area contributed by atoms with Gasteiger partial charge in [0.25, 0.3) is 0 Å². The highest BCUT2D eigenvalue weighted by Crippen LogP contribution is 2.45. The smallest absolute Gasteiger partial charge is 0.315 e. The third kappa shape index (κ3) is 3.08. The van der Waals surface area contributed by atoms with Crippen LogP contribution in [0.25, 0.3) is 0 Å². The Hall–Kier alpha value is -1.10. The summed E-state index contributed by atoms with van der Waals surface area (Å²) in [5.74, 6) is 2.39. The number of hydrogen-bond donors (Lipinski definition) is 2. The maximum atomic E-state index is 5.65. The second kappa shape index (κ2) is 4.78. The molecule has 1 aromatic heterocycles. The van der Waals surface area contributed by atoms with Gasteiger partial charge >= 0.3 is 6.01 Å². The molecule has 3 rings (SSSR count). The number of anilines is 1. The molecule has 0 aromatic carbocycles. The molecule has 1 heterocycles. The molecule has 0 radical (unpaired) electrons. The van der Waals surface area contributed by atoms with Gasteiger partial charge in [0, 0.05) is 11.6 Å². The first-order valence-electron chi connectivity index (χ1n) is 7.33. The average molecular weight is 264 g/mol. The maximum Gasteiger partial charge on any atom is 0.315 e. The lowest BCUT2D eigenvalue weighted by molar-refractivity contribution is 0.379. The highest BCUT2D eigenvalue weighted by molar-refractivity contribution is 5.22. The van der Waals surface area contributed by atoms with Crippen LogP contribution in [-0.2, 0) is 6.54 Å². The molecule has 2 aliphatic rings. The third-order valence-corrected chi connectivity index (χ3v) is 4.28. The fourth-order valence-electron chi connectivity index (χ4n) is 3.30. The lowest BCUT2D eigenvalue weighted by Gasteiger charge is -2.21. The van der Waals surface area contributed by atoms with E-state index in [2.05, 4.69) is 41.6 Å². The van der Waals surface area contributed by atoms with Crippen LogP contribution in [0.1, 0.15) is 52.3 Å². The van der Waals surface area contributed by atoms with Crippen LogP contribution in [0.3, 0.4) is 0 Å². The summed E-state index contributed by atoms with van der Waals surface area (Å²) in [6.45, 7) is 6.99. The highest BCUT2D eigenvalue weighted by atomic mass is 16.4. The number of hydrogen-bond acceptors (Lipinski definition) is 5. The van der Waals surface area contributed by atoms with Gasteiger partial charge in [-0.3, -0.25) is 0 Å². The minimum atomic E-state index is 0.0622. The number of nitrogens with zero attached hydrogens (tertiary/aromatic N) is 2. The molecule has 0 amide bonds. The van der Waals surface area contributed by atoms with Crippen molar-refractivity contribution in [2.45, 2.75) is 64.6 Å². The Kier molecular flexibility index (Phi) is 3.25. The first kappa shape index (κ1) is 12.9. The second-order valence-corrected chi connectivity index (χ2v) is 7.03. The van der Waals surface area contributed by atoms with Crippen LogP contribution in [0.15, 0.2) is 4.42 Å². The molecule has 2 aliphatic carbocycles. The molecular weight excluding hydrogens is 240 g/mol. The zero-order valence-corrected chi connectivity index (χ0v) is 12.1. The molecule has 3 unspecified atom stereocenters. The topological polar surface area (TPSA) is 63.0 Å². The van der Waals surface area contributed by atoms with Gasteiger partial charge in [-0.2, -0.15) is 0 Å². The predicted octanol–water partition coefficient (Wildman–Crippen LogP) is 2.56. The van der Waals surface area contributed by atoms with E-state index in [0.29, 0.717) is 24.5 Å². The molecule has 5 nitrogen and oxygen atoms in total. The Bertz CT molecular complexity index is 437. The van der Waals surface area contributed by atoms with Crippen molar-refractivity contribution in [1.82, 2.24) is 15.5 Å². The zero-order chi connectivity index (χ0) is 13.5. The average Bonchev–Trinajstić information content (AvgIpc) is 3.01. The van der Waals surface area contributed by atoms with Crippen molar-refractivity contribution in [2.24, 2.45) is 11.8 Å². The quantitative estimate of drug-likeness (QED) is 0.875. The third-order valence-electron chi connectivity index (χ3n) is 4.28. The van der Waals surface area contributed by atoms with Crippen molar-refractivity contribution in [3.63, 3.8) is 0 Å². The van der Waals surface area contributed by atoms with E-state index in [1.54, 1.807) is 0 Å². The van der Waals surface area contributed by atoms with Crippen molar-refractivity contribution in [3.8, 4) is 0 Å². The summed E-state index contributed by atoms with van der Waals surface area (Å²) in [4.78, 5) is 0. The van der Waals surface area contributed by atoms with Crippen LogP contribution < -0.4 is 10.6 Å². The van der Waals surface area contributed by atoms with Crippen molar-refractivity contribution in [2.75, 3.05) is 5.32 Å². The van der Waals surface area contributed by atoms with Gasteiger partial charge in [-0.25, -0.2) is 0 Å². The molecule has 5 heteroatoms. The van der Waals surface area contributed by atoms with E-state index in [4.69, 9.17) is 4.42 Å². The number of nitrogens with one attached hydrogen (secondary N) is 2. The molecule has 1 aromatic rings. The molecule has 0 aliphatic heterocycles. The van der Waals surface area contributed by atoms with Crippen LogP contribution in [0.5, 0.6) is 0 Å². The maximum absolute atomic E-state index is 5.65. The van der Waals surface area contributed by atoms with E-state index in [0.717, 1.165) is 11.8 Å². The monoisotopic (exact) mass is 264 g/mol. The van der Waals surface area contributed by atoms with Gasteiger partial charge < -0.3 is 15.1 Å². The highest BCUT2D eigenvalue weighted by Gasteiger charge is 2.40. The van der Waals surface area contributed by atoms with Gasteiger partial charge in [-0.15, -0.1) is 5.10 Å². The molecule has 2 saturated carbocycles. The van der Waals surface area contributed by atoms with E-state index in [9.17, 15) is 0 Å². The van der Waals surface area contributed by atoms with E-state index in [1.165, 1.54) is 25.7 Å².